The van der Waals surface area contributed by atoms with Crippen molar-refractivity contribution in [1.29, 1.82) is 0 Å². The van der Waals surface area contributed by atoms with Crippen LogP contribution in [-0.2, 0) is 12.7 Å². The van der Waals surface area contributed by atoms with E-state index in [9.17, 15) is 13.2 Å². The van der Waals surface area contributed by atoms with Crippen molar-refractivity contribution in [2.24, 2.45) is 0 Å². The van der Waals surface area contributed by atoms with E-state index in [2.05, 4.69) is 22.6 Å². The minimum Gasteiger partial charge on any atom is -0.198 e. The zero-order valence-corrected chi connectivity index (χ0v) is 11.9. The van der Waals surface area contributed by atoms with E-state index < -0.39 is 11.7 Å². The molecule has 2 aromatic rings. The first-order valence-electron chi connectivity index (χ1n) is 5.62. The smallest absolute Gasteiger partial charge is 0.198 e. The monoisotopic (exact) mass is 366 g/mol. The van der Waals surface area contributed by atoms with Gasteiger partial charge in [-0.25, -0.2) is 0 Å². The normalized spacial score (nSPS) is 12.1. The minimum atomic E-state index is -4.29. The van der Waals surface area contributed by atoms with Gasteiger partial charge in [0.25, 0.3) is 0 Å². The highest BCUT2D eigenvalue weighted by Gasteiger charge is 2.31. The molecule has 0 saturated carbocycles. The Kier molecular flexibility index (Phi) is 3.79. The molecule has 0 aliphatic carbocycles. The maximum Gasteiger partial charge on any atom is 0.416 e. The molecule has 1 aromatic heterocycles. The molecule has 0 atom stereocenters. The number of hydrogen-bond acceptors (Lipinski definition) is 0. The Bertz CT molecular complexity index is 578. The van der Waals surface area contributed by atoms with Crippen molar-refractivity contribution in [3.8, 4) is 0 Å². The summed E-state index contributed by atoms with van der Waals surface area (Å²) in [6.07, 6.45) is -1.57. The molecular weight excluding hydrogens is 354 g/mol. The standard InChI is InChI=1S/C13H12F3IN/c1-2-6-18-7-5-11(17)10-4-3-9(8-12(10)18)13(14,15)16/h3-5,7-8H,2,6H2,1H3/q+1. The van der Waals surface area contributed by atoms with Gasteiger partial charge in [-0.2, -0.15) is 17.7 Å². The van der Waals surface area contributed by atoms with Crippen LogP contribution in [0.3, 0.4) is 0 Å². The molecule has 0 amide bonds. The number of hydrogen-bond donors (Lipinski definition) is 0. The third-order valence-electron chi connectivity index (χ3n) is 2.76. The lowest BCUT2D eigenvalue weighted by Gasteiger charge is -2.08. The lowest BCUT2D eigenvalue weighted by Crippen LogP contribution is -2.34. The molecule has 0 aliphatic heterocycles. The first kappa shape index (κ1) is 13.6. The molecule has 18 heavy (non-hydrogen) atoms. The van der Waals surface area contributed by atoms with Crippen LogP contribution in [0, 0.1) is 3.57 Å². The van der Waals surface area contributed by atoms with Crippen molar-refractivity contribution < 1.29 is 17.7 Å². The SMILES string of the molecule is CCC[n+]1ccc(I)c2ccc(C(F)(F)F)cc21. The summed E-state index contributed by atoms with van der Waals surface area (Å²) in [5, 5.41) is 0.861. The molecule has 0 spiro atoms. The number of aromatic nitrogens is 1. The Morgan fingerprint density at radius 2 is 1.94 bits per heavy atom. The molecule has 0 unspecified atom stereocenters. The van der Waals surface area contributed by atoms with Gasteiger partial charge in [0.05, 0.1) is 10.9 Å². The second-order valence-corrected chi connectivity index (χ2v) is 5.25. The van der Waals surface area contributed by atoms with Gasteiger partial charge < -0.3 is 0 Å². The summed E-state index contributed by atoms with van der Waals surface area (Å²) < 4.78 is 41.0. The van der Waals surface area contributed by atoms with Crippen molar-refractivity contribution in [3.63, 3.8) is 0 Å². The average molecular weight is 366 g/mol. The highest BCUT2D eigenvalue weighted by Crippen LogP contribution is 2.31. The van der Waals surface area contributed by atoms with Gasteiger partial charge in [-0.05, 0) is 34.7 Å². The van der Waals surface area contributed by atoms with Crippen molar-refractivity contribution in [3.05, 3.63) is 39.6 Å². The molecule has 0 radical (unpaired) electrons. The third kappa shape index (κ3) is 2.60. The summed E-state index contributed by atoms with van der Waals surface area (Å²) in [4.78, 5) is 0. The zero-order valence-electron chi connectivity index (χ0n) is 9.76. The summed E-state index contributed by atoms with van der Waals surface area (Å²) in [5.41, 5.74) is 0.0421. The van der Waals surface area contributed by atoms with Crippen LogP contribution >= 0.6 is 22.6 Å². The number of pyridine rings is 1. The lowest BCUT2D eigenvalue weighted by molar-refractivity contribution is -0.671. The molecule has 2 rings (SSSR count). The van der Waals surface area contributed by atoms with Crippen LogP contribution in [0.5, 0.6) is 0 Å². The molecule has 96 valence electrons. The van der Waals surface area contributed by atoms with E-state index in [4.69, 9.17) is 0 Å². The topological polar surface area (TPSA) is 3.88 Å². The van der Waals surface area contributed by atoms with Gasteiger partial charge in [0.1, 0.15) is 6.54 Å². The van der Waals surface area contributed by atoms with Gasteiger partial charge in [0.2, 0.25) is 5.52 Å². The van der Waals surface area contributed by atoms with E-state index in [0.717, 1.165) is 21.4 Å². The van der Waals surface area contributed by atoms with Gasteiger partial charge in [0, 0.05) is 22.1 Å². The van der Waals surface area contributed by atoms with Crippen LogP contribution in [-0.4, -0.2) is 0 Å². The van der Waals surface area contributed by atoms with Crippen LogP contribution in [0.15, 0.2) is 30.5 Å². The van der Waals surface area contributed by atoms with Crippen molar-refractivity contribution in [1.82, 2.24) is 0 Å². The average Bonchev–Trinajstić information content (AvgIpc) is 2.31. The fourth-order valence-electron chi connectivity index (χ4n) is 1.91. The Morgan fingerprint density at radius 3 is 2.56 bits per heavy atom. The summed E-state index contributed by atoms with van der Waals surface area (Å²) in [6, 6.07) is 5.84. The molecule has 0 saturated heterocycles. The van der Waals surface area contributed by atoms with E-state index in [0.29, 0.717) is 12.1 Å². The number of alkyl halides is 3. The van der Waals surface area contributed by atoms with Crippen LogP contribution in [0.2, 0.25) is 0 Å². The minimum absolute atomic E-state index is 0.596. The first-order valence-corrected chi connectivity index (χ1v) is 6.70. The number of fused-ring (bicyclic) bond motifs is 1. The molecule has 0 bridgehead atoms. The Balaban J connectivity index is 2.69. The fourth-order valence-corrected chi connectivity index (χ4v) is 2.53. The second kappa shape index (κ2) is 5.03. The largest absolute Gasteiger partial charge is 0.416 e. The summed E-state index contributed by atoms with van der Waals surface area (Å²) >= 11 is 2.14. The van der Waals surface area contributed by atoms with Gasteiger partial charge in [0.15, 0.2) is 6.20 Å². The quantitative estimate of drug-likeness (QED) is 0.555. The van der Waals surface area contributed by atoms with Gasteiger partial charge in [-0.3, -0.25) is 0 Å². The molecule has 0 fully saturated rings. The van der Waals surface area contributed by atoms with Crippen LogP contribution in [0.25, 0.3) is 10.9 Å². The van der Waals surface area contributed by atoms with Crippen LogP contribution in [0.1, 0.15) is 18.9 Å². The number of halogens is 4. The van der Waals surface area contributed by atoms with E-state index >= 15 is 0 Å². The molecule has 1 heterocycles. The van der Waals surface area contributed by atoms with Gasteiger partial charge in [-0.15, -0.1) is 0 Å². The van der Waals surface area contributed by atoms with E-state index in [1.165, 1.54) is 6.07 Å². The fraction of sp³-hybridized carbons (Fsp3) is 0.308. The maximum atomic E-state index is 12.7. The summed E-state index contributed by atoms with van der Waals surface area (Å²) in [7, 11) is 0. The van der Waals surface area contributed by atoms with Crippen molar-refractivity contribution in [2.75, 3.05) is 0 Å². The Labute approximate surface area is 117 Å². The van der Waals surface area contributed by atoms with Crippen LogP contribution in [0.4, 0.5) is 13.2 Å². The Hall–Kier alpha value is -0.850. The van der Waals surface area contributed by atoms with Crippen molar-refractivity contribution >= 4 is 33.5 Å². The lowest BCUT2D eigenvalue weighted by atomic mass is 10.1. The predicted molar refractivity (Wildman–Crippen MR) is 72.2 cm³/mol. The van der Waals surface area contributed by atoms with Crippen molar-refractivity contribution in [2.45, 2.75) is 26.1 Å². The first-order chi connectivity index (χ1) is 8.43. The van der Waals surface area contributed by atoms with Gasteiger partial charge in [-0.1, -0.05) is 6.92 Å². The van der Waals surface area contributed by atoms with E-state index in [1.807, 2.05) is 23.8 Å². The van der Waals surface area contributed by atoms with E-state index in [1.54, 1.807) is 6.07 Å². The number of nitrogens with zero attached hydrogens (tertiary/aromatic N) is 1. The summed E-state index contributed by atoms with van der Waals surface area (Å²) in [5.74, 6) is 0. The third-order valence-corrected chi connectivity index (χ3v) is 3.70. The molecule has 0 aliphatic rings. The van der Waals surface area contributed by atoms with E-state index in [-0.39, 0.29) is 0 Å². The molecule has 1 nitrogen and oxygen atoms in total. The predicted octanol–water partition coefficient (Wildman–Crippen LogP) is 4.16. The Morgan fingerprint density at radius 1 is 1.22 bits per heavy atom. The number of rotatable bonds is 2. The molecular formula is C13H12F3IN+. The second-order valence-electron chi connectivity index (χ2n) is 4.09. The van der Waals surface area contributed by atoms with Gasteiger partial charge >= 0.3 is 6.18 Å². The summed E-state index contributed by atoms with van der Waals surface area (Å²) in [6.45, 7) is 2.72. The molecule has 1 aromatic carbocycles. The zero-order chi connectivity index (χ0) is 13.3. The number of aryl methyl sites for hydroxylation is 1. The highest BCUT2D eigenvalue weighted by molar-refractivity contribution is 14.1. The maximum absolute atomic E-state index is 12.7. The highest BCUT2D eigenvalue weighted by atomic mass is 127. The molecule has 0 N–H and O–H groups in total. The van der Waals surface area contributed by atoms with Crippen LogP contribution < -0.4 is 4.57 Å². The number of benzene rings is 1. The molecule has 5 heteroatoms.